The zero-order valence-electron chi connectivity index (χ0n) is 9.56. The van der Waals surface area contributed by atoms with E-state index in [0.29, 0.717) is 24.2 Å². The van der Waals surface area contributed by atoms with Crippen LogP contribution in [0.5, 0.6) is 0 Å². The Bertz CT molecular complexity index is 471. The van der Waals surface area contributed by atoms with E-state index >= 15 is 0 Å². The fourth-order valence-electron chi connectivity index (χ4n) is 1.82. The summed E-state index contributed by atoms with van der Waals surface area (Å²) in [6.07, 6.45) is 0.371. The molecular weight excluding hydrogens is 220 g/mol. The highest BCUT2D eigenvalue weighted by atomic mass is 16.3. The predicted octanol–water partition coefficient (Wildman–Crippen LogP) is 0.245. The molecule has 0 radical (unpaired) electrons. The topological polar surface area (TPSA) is 69.6 Å². The molecule has 1 heterocycles. The van der Waals surface area contributed by atoms with E-state index in [1.54, 1.807) is 25.2 Å². The van der Waals surface area contributed by atoms with Crippen LogP contribution in [0.25, 0.3) is 0 Å². The molecule has 0 saturated heterocycles. The first kappa shape index (κ1) is 11.6. The Kier molecular flexibility index (Phi) is 3.10. The number of hydrogen-bond acceptors (Lipinski definition) is 3. The number of carbonyl (C=O) groups is 2. The Morgan fingerprint density at radius 3 is 3.00 bits per heavy atom. The Morgan fingerprint density at radius 2 is 2.29 bits per heavy atom. The highest BCUT2D eigenvalue weighted by molar-refractivity contribution is 6.02. The van der Waals surface area contributed by atoms with Crippen molar-refractivity contribution in [2.45, 2.75) is 6.42 Å². The molecule has 90 valence electrons. The van der Waals surface area contributed by atoms with Crippen molar-refractivity contribution in [1.82, 2.24) is 4.90 Å². The molecule has 0 saturated carbocycles. The predicted molar refractivity (Wildman–Crippen MR) is 62.8 cm³/mol. The maximum atomic E-state index is 11.9. The molecule has 5 heteroatoms. The summed E-state index contributed by atoms with van der Waals surface area (Å²) in [6.45, 7) is 0.228. The van der Waals surface area contributed by atoms with Gasteiger partial charge in [0, 0.05) is 24.8 Å². The lowest BCUT2D eigenvalue weighted by Gasteiger charge is -2.16. The zero-order valence-corrected chi connectivity index (χ0v) is 9.56. The number of nitrogens with one attached hydrogen (secondary N) is 1. The molecule has 5 nitrogen and oxygen atoms in total. The second kappa shape index (κ2) is 4.55. The smallest absolute Gasteiger partial charge is 0.253 e. The molecule has 0 atom stereocenters. The fraction of sp³-hybridized carbons (Fsp3) is 0.333. The van der Waals surface area contributed by atoms with E-state index in [1.165, 1.54) is 4.90 Å². The average Bonchev–Trinajstić information content (AvgIpc) is 2.67. The molecule has 0 fully saturated rings. The molecule has 0 bridgehead atoms. The summed E-state index contributed by atoms with van der Waals surface area (Å²) < 4.78 is 0. The first-order valence-electron chi connectivity index (χ1n) is 5.41. The highest BCUT2D eigenvalue weighted by Crippen LogP contribution is 2.24. The normalized spacial score (nSPS) is 13.2. The Labute approximate surface area is 99.0 Å². The van der Waals surface area contributed by atoms with Crippen LogP contribution in [0.3, 0.4) is 0 Å². The van der Waals surface area contributed by atoms with E-state index in [-0.39, 0.29) is 18.4 Å². The second-order valence-corrected chi connectivity index (χ2v) is 4.05. The molecular formula is C12H14N2O3. The van der Waals surface area contributed by atoms with Crippen molar-refractivity contribution in [2.75, 3.05) is 25.5 Å². The number of aliphatic hydroxyl groups excluding tert-OH is 1. The lowest BCUT2D eigenvalue weighted by molar-refractivity contribution is -0.115. The SMILES string of the molecule is CN(CCO)C(=O)c1ccc2c(c1)NC(=O)C2. The van der Waals surface area contributed by atoms with Crippen molar-refractivity contribution in [3.05, 3.63) is 29.3 Å². The summed E-state index contributed by atoms with van der Waals surface area (Å²) >= 11 is 0. The van der Waals surface area contributed by atoms with Crippen molar-refractivity contribution in [2.24, 2.45) is 0 Å². The number of anilines is 1. The van der Waals surface area contributed by atoms with Crippen molar-refractivity contribution in [1.29, 1.82) is 0 Å². The van der Waals surface area contributed by atoms with Gasteiger partial charge in [0.15, 0.2) is 0 Å². The average molecular weight is 234 g/mol. The third-order valence-electron chi connectivity index (χ3n) is 2.76. The lowest BCUT2D eigenvalue weighted by Crippen LogP contribution is -2.29. The Hall–Kier alpha value is -1.88. The summed E-state index contributed by atoms with van der Waals surface area (Å²) in [5.74, 6) is -0.212. The molecule has 1 aromatic carbocycles. The Balaban J connectivity index is 2.21. The van der Waals surface area contributed by atoms with Crippen molar-refractivity contribution >= 4 is 17.5 Å². The maximum Gasteiger partial charge on any atom is 0.253 e. The van der Waals surface area contributed by atoms with Crippen LogP contribution in [0.2, 0.25) is 0 Å². The van der Waals surface area contributed by atoms with Crippen LogP contribution in [0.1, 0.15) is 15.9 Å². The van der Waals surface area contributed by atoms with Gasteiger partial charge in [0.05, 0.1) is 13.0 Å². The van der Waals surface area contributed by atoms with Crippen LogP contribution in [0, 0.1) is 0 Å². The largest absolute Gasteiger partial charge is 0.395 e. The first-order chi connectivity index (χ1) is 8.11. The van der Waals surface area contributed by atoms with E-state index in [1.807, 2.05) is 0 Å². The number of rotatable bonds is 3. The summed E-state index contributed by atoms with van der Waals surface area (Å²) in [7, 11) is 1.63. The van der Waals surface area contributed by atoms with Crippen molar-refractivity contribution < 1.29 is 14.7 Å². The molecule has 0 unspecified atom stereocenters. The molecule has 0 aromatic heterocycles. The summed E-state index contributed by atoms with van der Waals surface area (Å²) in [5, 5.41) is 11.5. The molecule has 0 spiro atoms. The van der Waals surface area contributed by atoms with Gasteiger partial charge in [0.25, 0.3) is 5.91 Å². The summed E-state index contributed by atoms with van der Waals surface area (Å²) in [4.78, 5) is 24.5. The molecule has 17 heavy (non-hydrogen) atoms. The van der Waals surface area contributed by atoms with Gasteiger partial charge in [-0.25, -0.2) is 0 Å². The number of aliphatic hydroxyl groups is 1. The maximum absolute atomic E-state index is 11.9. The van der Waals surface area contributed by atoms with Crippen LogP contribution < -0.4 is 5.32 Å². The standard InChI is InChI=1S/C12H14N2O3/c1-14(4-5-15)12(17)9-3-2-8-7-11(16)13-10(8)6-9/h2-3,6,15H,4-5,7H2,1H3,(H,13,16). The summed E-state index contributed by atoms with van der Waals surface area (Å²) in [5.41, 5.74) is 2.14. The third kappa shape index (κ3) is 2.29. The minimum absolute atomic E-state index is 0.0479. The summed E-state index contributed by atoms with van der Waals surface area (Å²) in [6, 6.07) is 5.17. The molecule has 2 N–H and O–H groups in total. The monoisotopic (exact) mass is 234 g/mol. The minimum Gasteiger partial charge on any atom is -0.395 e. The van der Waals surface area contributed by atoms with Crippen LogP contribution >= 0.6 is 0 Å². The molecule has 0 aliphatic carbocycles. The minimum atomic E-state index is -0.164. The molecule has 1 aliphatic heterocycles. The van der Waals surface area contributed by atoms with Gasteiger partial charge in [-0.1, -0.05) is 6.07 Å². The lowest BCUT2D eigenvalue weighted by atomic mass is 10.1. The zero-order chi connectivity index (χ0) is 12.4. The Morgan fingerprint density at radius 1 is 1.53 bits per heavy atom. The van der Waals surface area contributed by atoms with Gasteiger partial charge in [-0.2, -0.15) is 0 Å². The van der Waals surface area contributed by atoms with Gasteiger partial charge in [0.1, 0.15) is 0 Å². The third-order valence-corrected chi connectivity index (χ3v) is 2.76. The van der Waals surface area contributed by atoms with Crippen molar-refractivity contribution in [3.8, 4) is 0 Å². The van der Waals surface area contributed by atoms with E-state index in [9.17, 15) is 9.59 Å². The fourth-order valence-corrected chi connectivity index (χ4v) is 1.82. The second-order valence-electron chi connectivity index (χ2n) is 4.05. The van der Waals surface area contributed by atoms with E-state index in [0.717, 1.165) is 5.56 Å². The molecule has 2 rings (SSSR count). The number of carbonyl (C=O) groups excluding carboxylic acids is 2. The van der Waals surface area contributed by atoms with Crippen molar-refractivity contribution in [3.63, 3.8) is 0 Å². The van der Waals surface area contributed by atoms with Crippen LogP contribution in [-0.4, -0.2) is 42.0 Å². The van der Waals surface area contributed by atoms with Gasteiger partial charge in [-0.05, 0) is 17.7 Å². The first-order valence-corrected chi connectivity index (χ1v) is 5.41. The molecule has 1 aromatic rings. The number of nitrogens with zero attached hydrogens (tertiary/aromatic N) is 1. The highest BCUT2D eigenvalue weighted by Gasteiger charge is 2.20. The van der Waals surface area contributed by atoms with Gasteiger partial charge in [0.2, 0.25) is 5.91 Å². The van der Waals surface area contributed by atoms with Gasteiger partial charge in [-0.15, -0.1) is 0 Å². The van der Waals surface area contributed by atoms with E-state index in [2.05, 4.69) is 5.32 Å². The molecule has 2 amide bonds. The number of hydrogen-bond donors (Lipinski definition) is 2. The molecule has 1 aliphatic rings. The quantitative estimate of drug-likeness (QED) is 0.787. The number of likely N-dealkylation sites (N-methyl/N-ethyl adjacent to an activating group) is 1. The van der Waals surface area contributed by atoms with E-state index in [4.69, 9.17) is 5.11 Å². The number of benzene rings is 1. The number of amides is 2. The van der Waals surface area contributed by atoms with Crippen LogP contribution in [0.4, 0.5) is 5.69 Å². The van der Waals surface area contributed by atoms with Crippen LogP contribution in [-0.2, 0) is 11.2 Å². The van der Waals surface area contributed by atoms with Gasteiger partial charge >= 0.3 is 0 Å². The van der Waals surface area contributed by atoms with E-state index < -0.39 is 0 Å². The number of fused-ring (bicyclic) bond motifs is 1. The van der Waals surface area contributed by atoms with Gasteiger partial charge < -0.3 is 15.3 Å². The van der Waals surface area contributed by atoms with Gasteiger partial charge in [-0.3, -0.25) is 9.59 Å². The van der Waals surface area contributed by atoms with Crippen LogP contribution in [0.15, 0.2) is 18.2 Å².